The van der Waals surface area contributed by atoms with Crippen LogP contribution in [0.4, 0.5) is 14.9 Å². The first-order chi connectivity index (χ1) is 20.0. The smallest absolute Gasteiger partial charge is 0.293 e. The number of nitrogens with zero attached hydrogens (tertiary/aromatic N) is 2. The molecule has 1 fully saturated rings. The van der Waals surface area contributed by atoms with Crippen molar-refractivity contribution in [3.8, 4) is 5.75 Å². The van der Waals surface area contributed by atoms with Crippen molar-refractivity contribution in [3.05, 3.63) is 113 Å². The number of carbonyl (C=O) groups is 3. The molecule has 0 aliphatic carbocycles. The second-order valence-corrected chi connectivity index (χ2v) is 10.4. The number of para-hydroxylation sites is 1. The van der Waals surface area contributed by atoms with E-state index in [0.29, 0.717) is 21.9 Å². The number of halogens is 1. The van der Waals surface area contributed by atoms with Gasteiger partial charge in [0.25, 0.3) is 11.1 Å². The Labute approximate surface area is 239 Å². The van der Waals surface area contributed by atoms with Crippen LogP contribution in [0.2, 0.25) is 0 Å². The molecule has 204 valence electrons. The van der Waals surface area contributed by atoms with Gasteiger partial charge in [0.05, 0.1) is 11.4 Å². The average molecular weight is 566 g/mol. The fraction of sp³-hybridized carbons (Fsp3) is 0.0938. The number of aromatic nitrogens is 1. The maximum Gasteiger partial charge on any atom is 0.293 e. The summed E-state index contributed by atoms with van der Waals surface area (Å²) in [5, 5.41) is 5.26. The highest BCUT2D eigenvalue weighted by Crippen LogP contribution is 2.34. The van der Waals surface area contributed by atoms with E-state index in [-0.39, 0.29) is 42.6 Å². The largest absolute Gasteiger partial charge is 0.491 e. The topological polar surface area (TPSA) is 80.6 Å². The van der Waals surface area contributed by atoms with Crippen molar-refractivity contribution >= 4 is 62.3 Å². The molecule has 6 rings (SSSR count). The SMILES string of the molecule is O=C(Cn1cc(/C=C2\SC(=O)N(CCOc3cccc4ccccc34)C2=O)c2ccccc21)Nc1ccc(F)cc1. The monoisotopic (exact) mass is 565 g/mol. The molecule has 2 heterocycles. The number of ether oxygens (including phenoxy) is 1. The summed E-state index contributed by atoms with van der Waals surface area (Å²) in [6, 6.07) is 26.7. The third-order valence-corrected chi connectivity index (χ3v) is 7.65. The summed E-state index contributed by atoms with van der Waals surface area (Å²) in [5.41, 5.74) is 2.01. The number of benzene rings is 4. The van der Waals surface area contributed by atoms with Crippen LogP contribution in [0.15, 0.2) is 102 Å². The Morgan fingerprint density at radius 1 is 0.902 bits per heavy atom. The minimum atomic E-state index is -0.384. The highest BCUT2D eigenvalue weighted by atomic mass is 32.2. The van der Waals surface area contributed by atoms with Crippen LogP contribution in [-0.2, 0) is 16.1 Å². The minimum Gasteiger partial charge on any atom is -0.491 e. The van der Waals surface area contributed by atoms with E-state index in [1.807, 2.05) is 66.7 Å². The van der Waals surface area contributed by atoms with E-state index in [2.05, 4.69) is 5.32 Å². The van der Waals surface area contributed by atoms with Gasteiger partial charge < -0.3 is 14.6 Å². The Morgan fingerprint density at radius 3 is 2.46 bits per heavy atom. The van der Waals surface area contributed by atoms with Crippen molar-refractivity contribution in [3.63, 3.8) is 0 Å². The van der Waals surface area contributed by atoms with Crippen LogP contribution in [0.5, 0.6) is 5.75 Å². The molecule has 0 atom stereocenters. The van der Waals surface area contributed by atoms with E-state index in [0.717, 1.165) is 33.4 Å². The lowest BCUT2D eigenvalue weighted by atomic mass is 10.1. The number of imide groups is 1. The number of hydrogen-bond acceptors (Lipinski definition) is 5. The van der Waals surface area contributed by atoms with Gasteiger partial charge in [-0.15, -0.1) is 0 Å². The minimum absolute atomic E-state index is 0.0126. The zero-order valence-corrected chi connectivity index (χ0v) is 22.6. The molecule has 3 amide bonds. The number of fused-ring (bicyclic) bond motifs is 2. The van der Waals surface area contributed by atoms with E-state index in [1.54, 1.807) is 16.8 Å². The first kappa shape index (κ1) is 26.3. The number of carbonyl (C=O) groups excluding carboxylic acids is 3. The maximum atomic E-state index is 13.2. The number of thioether (sulfide) groups is 1. The van der Waals surface area contributed by atoms with Crippen molar-refractivity contribution in [2.75, 3.05) is 18.5 Å². The van der Waals surface area contributed by atoms with Crippen molar-refractivity contribution in [2.24, 2.45) is 0 Å². The molecule has 0 unspecified atom stereocenters. The quantitative estimate of drug-likeness (QED) is 0.212. The third-order valence-electron chi connectivity index (χ3n) is 6.74. The molecule has 0 saturated carbocycles. The van der Waals surface area contributed by atoms with E-state index in [4.69, 9.17) is 4.74 Å². The average Bonchev–Trinajstić information content (AvgIpc) is 3.45. The second-order valence-electron chi connectivity index (χ2n) is 9.44. The molecule has 4 aromatic carbocycles. The Kier molecular flexibility index (Phi) is 7.26. The fourth-order valence-electron chi connectivity index (χ4n) is 4.81. The standard InChI is InChI=1S/C32H24FN3O4S/c33-23-12-14-24(15-13-23)34-30(37)20-35-19-22(25-8-3-4-10-27(25)35)18-29-31(38)36(32(39)41-29)16-17-40-28-11-5-7-21-6-1-2-9-26(21)28/h1-15,18-19H,16-17,20H2,(H,34,37)/b29-18-. The summed E-state index contributed by atoms with van der Waals surface area (Å²) in [5.74, 6) is -0.351. The maximum absolute atomic E-state index is 13.2. The Hall–Kier alpha value is -4.89. The normalized spacial score (nSPS) is 14.4. The van der Waals surface area contributed by atoms with E-state index in [9.17, 15) is 18.8 Å². The number of anilines is 1. The lowest BCUT2D eigenvalue weighted by molar-refractivity contribution is -0.123. The summed E-state index contributed by atoms with van der Waals surface area (Å²) in [6.45, 7) is 0.303. The van der Waals surface area contributed by atoms with Crippen molar-refractivity contribution in [1.82, 2.24) is 9.47 Å². The fourth-order valence-corrected chi connectivity index (χ4v) is 5.67. The number of rotatable bonds is 8. The third kappa shape index (κ3) is 5.57. The van der Waals surface area contributed by atoms with E-state index >= 15 is 0 Å². The molecule has 0 bridgehead atoms. The molecule has 0 radical (unpaired) electrons. The van der Waals surface area contributed by atoms with Gasteiger partial charge in [0, 0.05) is 33.7 Å². The van der Waals surface area contributed by atoms with Crippen LogP contribution in [-0.4, -0.2) is 39.7 Å². The first-order valence-corrected chi connectivity index (χ1v) is 13.8. The van der Waals surface area contributed by atoms with Crippen molar-refractivity contribution in [1.29, 1.82) is 0 Å². The Morgan fingerprint density at radius 2 is 1.63 bits per heavy atom. The van der Waals surface area contributed by atoms with Gasteiger partial charge in [-0.25, -0.2) is 4.39 Å². The summed E-state index contributed by atoms with van der Waals surface area (Å²) < 4.78 is 20.9. The molecule has 9 heteroatoms. The molecular weight excluding hydrogens is 541 g/mol. The van der Waals surface area contributed by atoms with Gasteiger partial charge in [-0.05, 0) is 59.6 Å². The summed E-state index contributed by atoms with van der Waals surface area (Å²) >= 11 is 0.884. The number of nitrogens with one attached hydrogen (secondary N) is 1. The van der Waals surface area contributed by atoms with Gasteiger partial charge in [-0.3, -0.25) is 19.3 Å². The van der Waals surface area contributed by atoms with Gasteiger partial charge in [-0.2, -0.15) is 0 Å². The molecule has 5 aromatic rings. The van der Waals surface area contributed by atoms with Gasteiger partial charge >= 0.3 is 0 Å². The van der Waals surface area contributed by atoms with Gasteiger partial charge in [0.15, 0.2) is 0 Å². The van der Waals surface area contributed by atoms with Crippen LogP contribution < -0.4 is 10.1 Å². The Bertz CT molecular complexity index is 1830. The number of amides is 3. The van der Waals surface area contributed by atoms with Gasteiger partial charge in [0.2, 0.25) is 5.91 Å². The van der Waals surface area contributed by atoms with Crippen LogP contribution in [0, 0.1) is 5.82 Å². The zero-order valence-electron chi connectivity index (χ0n) is 21.7. The molecule has 0 spiro atoms. The molecule has 1 aliphatic heterocycles. The molecule has 1 saturated heterocycles. The number of hydrogen-bond donors (Lipinski definition) is 1. The summed E-state index contributed by atoms with van der Waals surface area (Å²) in [6.07, 6.45) is 3.47. The van der Waals surface area contributed by atoms with Crippen LogP contribution in [0.25, 0.3) is 27.8 Å². The summed E-state index contributed by atoms with van der Waals surface area (Å²) in [4.78, 5) is 40.1. The second kappa shape index (κ2) is 11.3. The highest BCUT2D eigenvalue weighted by molar-refractivity contribution is 8.18. The van der Waals surface area contributed by atoms with Crippen LogP contribution >= 0.6 is 11.8 Å². The molecule has 1 aromatic heterocycles. The van der Waals surface area contributed by atoms with Gasteiger partial charge in [0.1, 0.15) is 24.7 Å². The van der Waals surface area contributed by atoms with Crippen molar-refractivity contribution < 1.29 is 23.5 Å². The van der Waals surface area contributed by atoms with Crippen LogP contribution in [0.1, 0.15) is 5.56 Å². The molecule has 7 nitrogen and oxygen atoms in total. The lowest BCUT2D eigenvalue weighted by Crippen LogP contribution is -2.32. The summed E-state index contributed by atoms with van der Waals surface area (Å²) in [7, 11) is 0. The Balaban J connectivity index is 1.16. The molecule has 1 N–H and O–H groups in total. The molecule has 1 aliphatic rings. The predicted octanol–water partition coefficient (Wildman–Crippen LogP) is 6.69. The lowest BCUT2D eigenvalue weighted by Gasteiger charge is -2.14. The highest BCUT2D eigenvalue weighted by Gasteiger charge is 2.35. The predicted molar refractivity (Wildman–Crippen MR) is 159 cm³/mol. The van der Waals surface area contributed by atoms with Gasteiger partial charge in [-0.1, -0.05) is 54.6 Å². The molecular formula is C32H24FN3O4S. The first-order valence-electron chi connectivity index (χ1n) is 13.0. The van der Waals surface area contributed by atoms with E-state index in [1.165, 1.54) is 29.2 Å². The van der Waals surface area contributed by atoms with E-state index < -0.39 is 0 Å². The van der Waals surface area contributed by atoms with Crippen LogP contribution in [0.3, 0.4) is 0 Å². The van der Waals surface area contributed by atoms with Crippen molar-refractivity contribution in [2.45, 2.75) is 6.54 Å². The zero-order chi connectivity index (χ0) is 28.3. The molecule has 41 heavy (non-hydrogen) atoms.